The Morgan fingerprint density at radius 1 is 1.11 bits per heavy atom. The third-order valence-electron chi connectivity index (χ3n) is 4.93. The van der Waals surface area contributed by atoms with Gasteiger partial charge in [0.15, 0.2) is 0 Å². The van der Waals surface area contributed by atoms with E-state index in [9.17, 15) is 24.0 Å². The largest absolute Gasteiger partial charge is 0.468 e. The van der Waals surface area contributed by atoms with Crippen LogP contribution in [0.25, 0.3) is 0 Å². The number of nitrogens with zero attached hydrogens (tertiary/aromatic N) is 1. The number of carbonyl (C=O) groups is 5. The quantitative estimate of drug-likeness (QED) is 0.415. The van der Waals surface area contributed by atoms with Gasteiger partial charge in [-0.1, -0.05) is 23.8 Å². The third kappa shape index (κ3) is 9.26. The number of likely N-dealkylation sites (N-methyl/N-ethyl adjacent to an activating group) is 1. The van der Waals surface area contributed by atoms with Crippen LogP contribution in [0.15, 0.2) is 18.2 Å². The summed E-state index contributed by atoms with van der Waals surface area (Å²) in [5.41, 5.74) is 6.69. The van der Waals surface area contributed by atoms with Gasteiger partial charge in [-0.25, -0.2) is 4.79 Å². The number of benzene rings is 1. The second-order valence-corrected chi connectivity index (χ2v) is 9.05. The Hall–Kier alpha value is -3.63. The van der Waals surface area contributed by atoms with Gasteiger partial charge in [-0.2, -0.15) is 0 Å². The predicted molar refractivity (Wildman–Crippen MR) is 128 cm³/mol. The molecule has 0 radical (unpaired) electrons. The number of aryl methyl sites for hydroxylation is 2. The van der Waals surface area contributed by atoms with E-state index in [4.69, 9.17) is 10.5 Å². The highest BCUT2D eigenvalue weighted by atomic mass is 16.6. The number of carbonyl (C=O) groups excluding carboxylic acids is 5. The van der Waals surface area contributed by atoms with Crippen molar-refractivity contribution in [3.05, 3.63) is 34.9 Å². The lowest BCUT2D eigenvalue weighted by molar-refractivity contribution is -0.145. The summed E-state index contributed by atoms with van der Waals surface area (Å²) in [5, 5.41) is 4.87. The first-order valence-electron chi connectivity index (χ1n) is 11.2. The van der Waals surface area contributed by atoms with Gasteiger partial charge in [-0.3, -0.25) is 19.2 Å². The Morgan fingerprint density at radius 2 is 1.74 bits per heavy atom. The second-order valence-electron chi connectivity index (χ2n) is 9.05. The van der Waals surface area contributed by atoms with Crippen LogP contribution in [0, 0.1) is 13.8 Å². The number of nitrogens with one attached hydrogen (secondary N) is 2. The molecule has 4 N–H and O–H groups in total. The summed E-state index contributed by atoms with van der Waals surface area (Å²) >= 11 is 0. The Morgan fingerprint density at radius 3 is 2.23 bits per heavy atom. The third-order valence-corrected chi connectivity index (χ3v) is 4.93. The molecule has 0 bridgehead atoms. The first-order valence-corrected chi connectivity index (χ1v) is 11.2. The van der Waals surface area contributed by atoms with Crippen LogP contribution in [0.5, 0.6) is 0 Å². The molecule has 1 rings (SSSR count). The van der Waals surface area contributed by atoms with E-state index in [0.717, 1.165) is 11.1 Å². The molecule has 35 heavy (non-hydrogen) atoms. The Labute approximate surface area is 205 Å². The molecule has 2 unspecified atom stereocenters. The maximum absolute atomic E-state index is 13.6. The molecule has 194 valence electrons. The number of rotatable bonds is 10. The Kier molecular flexibility index (Phi) is 10.7. The fraction of sp³-hybridized carbons (Fsp3) is 0.542. The topological polar surface area (TPSA) is 157 Å². The SMILES string of the molecule is CCN(C(=O)C(CC(N)=O)NC(=O)OC(C)(C)C)C(C(=O)NCC(=O)OC)c1ccc(C)cc1C. The van der Waals surface area contributed by atoms with Gasteiger partial charge < -0.3 is 30.7 Å². The molecular weight excluding hydrogens is 456 g/mol. The van der Waals surface area contributed by atoms with Crippen molar-refractivity contribution in [2.75, 3.05) is 20.2 Å². The van der Waals surface area contributed by atoms with Crippen LogP contribution in [-0.2, 0) is 28.7 Å². The standard InChI is InChI=1S/C24H36N4O7/c1-8-28(22(32)17(12-18(25)29)27-23(33)35-24(4,5)6)20(21(31)26-13-19(30)34-7)16-10-9-14(2)11-15(16)3/h9-11,17,20H,8,12-13H2,1-7H3,(H2,25,29)(H,26,31)(H,27,33). The highest BCUT2D eigenvalue weighted by Gasteiger charge is 2.37. The maximum atomic E-state index is 13.6. The van der Waals surface area contributed by atoms with E-state index in [2.05, 4.69) is 15.4 Å². The van der Waals surface area contributed by atoms with E-state index in [1.54, 1.807) is 46.8 Å². The summed E-state index contributed by atoms with van der Waals surface area (Å²) in [7, 11) is 1.19. The molecule has 2 atom stereocenters. The van der Waals surface area contributed by atoms with Gasteiger partial charge >= 0.3 is 12.1 Å². The monoisotopic (exact) mass is 492 g/mol. The smallest absolute Gasteiger partial charge is 0.408 e. The summed E-state index contributed by atoms with van der Waals surface area (Å²) in [6.07, 6.45) is -1.41. The van der Waals surface area contributed by atoms with Gasteiger partial charge in [0.2, 0.25) is 17.7 Å². The average Bonchev–Trinajstić information content (AvgIpc) is 2.73. The fourth-order valence-electron chi connectivity index (χ4n) is 3.43. The van der Waals surface area contributed by atoms with Crippen LogP contribution in [0.4, 0.5) is 4.79 Å². The molecule has 1 aromatic rings. The molecule has 0 heterocycles. The number of esters is 1. The van der Waals surface area contributed by atoms with Crippen molar-refractivity contribution < 1.29 is 33.4 Å². The zero-order valence-electron chi connectivity index (χ0n) is 21.4. The minimum Gasteiger partial charge on any atom is -0.468 e. The van der Waals surface area contributed by atoms with Crippen molar-refractivity contribution in [3.8, 4) is 0 Å². The number of alkyl carbamates (subject to hydrolysis) is 1. The molecule has 11 heteroatoms. The van der Waals surface area contributed by atoms with Crippen molar-refractivity contribution >= 4 is 29.8 Å². The predicted octanol–water partition coefficient (Wildman–Crippen LogP) is 1.25. The number of methoxy groups -OCH3 is 1. The zero-order chi connectivity index (χ0) is 26.9. The van der Waals surface area contributed by atoms with Gasteiger partial charge in [0.05, 0.1) is 13.5 Å². The summed E-state index contributed by atoms with van der Waals surface area (Å²) in [5.74, 6) is -2.83. The normalized spacial score (nSPS) is 12.7. The lowest BCUT2D eigenvalue weighted by Crippen LogP contribution is -2.54. The number of hydrogen-bond donors (Lipinski definition) is 3. The Bertz CT molecular complexity index is 956. The summed E-state index contributed by atoms with van der Waals surface area (Å²) in [6, 6.07) is 2.83. The molecule has 11 nitrogen and oxygen atoms in total. The van der Waals surface area contributed by atoms with E-state index < -0.39 is 60.4 Å². The van der Waals surface area contributed by atoms with E-state index in [-0.39, 0.29) is 6.54 Å². The number of amides is 4. The van der Waals surface area contributed by atoms with Gasteiger partial charge in [0, 0.05) is 6.54 Å². The van der Waals surface area contributed by atoms with Crippen LogP contribution < -0.4 is 16.4 Å². The van der Waals surface area contributed by atoms with Crippen molar-refractivity contribution in [1.82, 2.24) is 15.5 Å². The fourth-order valence-corrected chi connectivity index (χ4v) is 3.43. The number of hydrogen-bond acceptors (Lipinski definition) is 7. The van der Waals surface area contributed by atoms with E-state index in [0.29, 0.717) is 5.56 Å². The molecule has 0 aliphatic heterocycles. The minimum absolute atomic E-state index is 0.0493. The van der Waals surface area contributed by atoms with Crippen molar-refractivity contribution in [2.45, 2.75) is 65.6 Å². The average molecular weight is 493 g/mol. The van der Waals surface area contributed by atoms with Crippen LogP contribution >= 0.6 is 0 Å². The minimum atomic E-state index is -1.37. The molecule has 0 aliphatic carbocycles. The van der Waals surface area contributed by atoms with Crippen LogP contribution in [0.1, 0.15) is 56.8 Å². The molecular formula is C24H36N4O7. The second kappa shape index (κ2) is 12.7. The van der Waals surface area contributed by atoms with Crippen molar-refractivity contribution in [1.29, 1.82) is 0 Å². The molecule has 4 amide bonds. The summed E-state index contributed by atoms with van der Waals surface area (Å²) in [6.45, 7) is 9.93. The summed E-state index contributed by atoms with van der Waals surface area (Å²) in [4.78, 5) is 63.7. The number of primary amides is 1. The van der Waals surface area contributed by atoms with Gasteiger partial charge in [0.1, 0.15) is 24.2 Å². The van der Waals surface area contributed by atoms with E-state index in [1.165, 1.54) is 12.0 Å². The lowest BCUT2D eigenvalue weighted by Gasteiger charge is -2.34. The maximum Gasteiger partial charge on any atom is 0.408 e. The molecule has 1 aromatic carbocycles. The van der Waals surface area contributed by atoms with E-state index in [1.807, 2.05) is 13.0 Å². The first kappa shape index (κ1) is 29.4. The van der Waals surface area contributed by atoms with Crippen LogP contribution in [-0.4, -0.2) is 66.5 Å². The number of ether oxygens (including phenoxy) is 2. The Balaban J connectivity index is 3.42. The lowest BCUT2D eigenvalue weighted by atomic mass is 9.96. The molecule has 0 saturated heterocycles. The number of nitrogens with two attached hydrogens (primary N) is 1. The van der Waals surface area contributed by atoms with E-state index >= 15 is 0 Å². The molecule has 0 aromatic heterocycles. The zero-order valence-corrected chi connectivity index (χ0v) is 21.4. The summed E-state index contributed by atoms with van der Waals surface area (Å²) < 4.78 is 9.79. The van der Waals surface area contributed by atoms with Gasteiger partial charge in [-0.05, 0) is 52.7 Å². The molecule has 0 saturated carbocycles. The molecule has 0 fully saturated rings. The van der Waals surface area contributed by atoms with Crippen molar-refractivity contribution in [2.24, 2.45) is 5.73 Å². The molecule has 0 aliphatic rings. The van der Waals surface area contributed by atoms with Gasteiger partial charge in [-0.15, -0.1) is 0 Å². The first-order chi connectivity index (χ1) is 16.2. The van der Waals surface area contributed by atoms with Crippen molar-refractivity contribution in [3.63, 3.8) is 0 Å². The van der Waals surface area contributed by atoms with Crippen LogP contribution in [0.2, 0.25) is 0 Å². The highest BCUT2D eigenvalue weighted by molar-refractivity contribution is 5.95. The van der Waals surface area contributed by atoms with Crippen LogP contribution in [0.3, 0.4) is 0 Å². The molecule has 0 spiro atoms. The van der Waals surface area contributed by atoms with Gasteiger partial charge in [0.25, 0.3) is 0 Å². The highest BCUT2D eigenvalue weighted by Crippen LogP contribution is 2.26.